The van der Waals surface area contributed by atoms with Crippen LogP contribution in [0.1, 0.15) is 5.56 Å². The summed E-state index contributed by atoms with van der Waals surface area (Å²) in [7, 11) is 1.92. The predicted molar refractivity (Wildman–Crippen MR) is 132 cm³/mol. The van der Waals surface area contributed by atoms with E-state index in [1.807, 2.05) is 61.3 Å². The molecule has 0 aromatic heterocycles. The van der Waals surface area contributed by atoms with E-state index in [4.69, 9.17) is 16.6 Å². The molecule has 3 aromatic carbocycles. The van der Waals surface area contributed by atoms with Gasteiger partial charge in [0, 0.05) is 17.0 Å². The quantitative estimate of drug-likeness (QED) is 0.370. The molecule has 4 nitrogen and oxygen atoms in total. The SMILES string of the molecule is Cc1cccc(N=C2S/C(=C3\Sc4ccc(Cl)cc4N3C)C(=O)N2c2ccc(F)cc2)c1. The topological polar surface area (TPSA) is 35.9 Å². The minimum Gasteiger partial charge on any atom is -0.337 e. The molecule has 3 aromatic rings. The fourth-order valence-corrected chi connectivity index (χ4v) is 6.01. The Morgan fingerprint density at radius 3 is 2.53 bits per heavy atom. The zero-order valence-corrected chi connectivity index (χ0v) is 19.6. The fourth-order valence-electron chi connectivity index (χ4n) is 3.52. The number of anilines is 2. The number of thioether (sulfide) groups is 2. The maximum absolute atomic E-state index is 13.6. The second-order valence-corrected chi connectivity index (χ2v) is 9.80. The van der Waals surface area contributed by atoms with Crippen molar-refractivity contribution in [2.45, 2.75) is 11.8 Å². The van der Waals surface area contributed by atoms with Crippen LogP contribution < -0.4 is 9.80 Å². The van der Waals surface area contributed by atoms with E-state index in [0.29, 0.717) is 20.8 Å². The normalized spacial score (nSPS) is 19.2. The number of carbonyl (C=O) groups is 1. The molecule has 2 heterocycles. The van der Waals surface area contributed by atoms with Gasteiger partial charge >= 0.3 is 0 Å². The van der Waals surface area contributed by atoms with Crippen LogP contribution in [-0.4, -0.2) is 18.1 Å². The van der Waals surface area contributed by atoms with Gasteiger partial charge in [-0.25, -0.2) is 9.38 Å². The lowest BCUT2D eigenvalue weighted by molar-refractivity contribution is -0.113. The van der Waals surface area contributed by atoms with Gasteiger partial charge in [0.05, 0.1) is 22.1 Å². The molecule has 2 aliphatic rings. The zero-order valence-electron chi connectivity index (χ0n) is 17.2. The molecule has 0 radical (unpaired) electrons. The van der Waals surface area contributed by atoms with Gasteiger partial charge in [0.2, 0.25) is 0 Å². The summed E-state index contributed by atoms with van der Waals surface area (Å²) in [6, 6.07) is 19.3. The van der Waals surface area contributed by atoms with Gasteiger partial charge < -0.3 is 4.90 Å². The van der Waals surface area contributed by atoms with Crippen molar-refractivity contribution in [3.63, 3.8) is 0 Å². The Hall–Kier alpha value is -2.74. The molecule has 32 heavy (non-hydrogen) atoms. The number of hydrogen-bond donors (Lipinski definition) is 0. The van der Waals surface area contributed by atoms with Crippen molar-refractivity contribution in [1.82, 2.24) is 0 Å². The molecule has 5 rings (SSSR count). The number of benzene rings is 3. The van der Waals surface area contributed by atoms with Gasteiger partial charge in [0.15, 0.2) is 5.17 Å². The number of hydrogen-bond acceptors (Lipinski definition) is 5. The molecule has 0 aliphatic carbocycles. The molecule has 2 aliphatic heterocycles. The molecule has 1 fully saturated rings. The zero-order chi connectivity index (χ0) is 22.4. The number of fused-ring (bicyclic) bond motifs is 1. The highest BCUT2D eigenvalue weighted by Gasteiger charge is 2.40. The van der Waals surface area contributed by atoms with Crippen LogP contribution in [0.5, 0.6) is 0 Å². The van der Waals surface area contributed by atoms with Gasteiger partial charge in [-0.05, 0) is 78.8 Å². The summed E-state index contributed by atoms with van der Waals surface area (Å²) < 4.78 is 13.5. The minimum absolute atomic E-state index is 0.193. The minimum atomic E-state index is -0.359. The number of rotatable bonds is 2. The van der Waals surface area contributed by atoms with Crippen molar-refractivity contribution in [2.24, 2.45) is 4.99 Å². The van der Waals surface area contributed by atoms with E-state index in [1.165, 1.54) is 35.7 Å². The summed E-state index contributed by atoms with van der Waals surface area (Å²) in [4.78, 5) is 23.5. The molecule has 0 saturated carbocycles. The van der Waals surface area contributed by atoms with E-state index in [0.717, 1.165) is 26.9 Å². The van der Waals surface area contributed by atoms with Crippen LogP contribution >= 0.6 is 35.1 Å². The highest BCUT2D eigenvalue weighted by atomic mass is 35.5. The summed E-state index contributed by atoms with van der Waals surface area (Å²) in [6.45, 7) is 1.99. The van der Waals surface area contributed by atoms with Gasteiger partial charge in [-0.15, -0.1) is 0 Å². The number of aryl methyl sites for hydroxylation is 1. The summed E-state index contributed by atoms with van der Waals surface area (Å²) >= 11 is 9.03. The lowest BCUT2D eigenvalue weighted by Gasteiger charge is -2.17. The van der Waals surface area contributed by atoms with E-state index in [1.54, 1.807) is 17.0 Å². The number of aliphatic imine (C=N–C) groups is 1. The molecule has 8 heteroatoms. The highest BCUT2D eigenvalue weighted by Crippen LogP contribution is 2.51. The molecule has 0 spiro atoms. The molecule has 0 N–H and O–H groups in total. The van der Waals surface area contributed by atoms with Crippen LogP contribution in [-0.2, 0) is 4.79 Å². The van der Waals surface area contributed by atoms with Crippen LogP contribution in [0.25, 0.3) is 0 Å². The van der Waals surface area contributed by atoms with Crippen LogP contribution in [0.15, 0.2) is 86.6 Å². The van der Waals surface area contributed by atoms with Gasteiger partial charge in [-0.1, -0.05) is 35.5 Å². The van der Waals surface area contributed by atoms with Crippen molar-refractivity contribution in [2.75, 3.05) is 16.8 Å². The molecule has 1 amide bonds. The first kappa shape index (κ1) is 21.1. The van der Waals surface area contributed by atoms with Gasteiger partial charge in [0.25, 0.3) is 5.91 Å². The molecule has 0 bridgehead atoms. The lowest BCUT2D eigenvalue weighted by atomic mass is 10.2. The summed E-state index contributed by atoms with van der Waals surface area (Å²) in [5, 5.41) is 1.99. The second kappa shape index (κ2) is 8.31. The molecular weight excluding hydrogens is 465 g/mol. The molecule has 1 saturated heterocycles. The molecule has 0 unspecified atom stereocenters. The van der Waals surface area contributed by atoms with Crippen molar-refractivity contribution < 1.29 is 9.18 Å². The number of amidine groups is 1. The Kier molecular flexibility index (Phi) is 5.49. The summed E-state index contributed by atoms with van der Waals surface area (Å²) in [5.74, 6) is -0.552. The second-order valence-electron chi connectivity index (χ2n) is 7.36. The first-order valence-corrected chi connectivity index (χ1v) is 11.8. The van der Waals surface area contributed by atoms with Gasteiger partial charge in [0.1, 0.15) is 10.7 Å². The van der Waals surface area contributed by atoms with Crippen LogP contribution in [0.3, 0.4) is 0 Å². The molecule has 160 valence electrons. The first-order chi connectivity index (χ1) is 15.4. The number of amides is 1. The van der Waals surface area contributed by atoms with Crippen molar-refractivity contribution in [3.05, 3.63) is 93.1 Å². The third-order valence-corrected chi connectivity index (χ3v) is 7.71. The Balaban J connectivity index is 1.61. The van der Waals surface area contributed by atoms with E-state index < -0.39 is 0 Å². The van der Waals surface area contributed by atoms with E-state index in [9.17, 15) is 9.18 Å². The fraction of sp³-hybridized carbons (Fsp3) is 0.0833. The van der Waals surface area contributed by atoms with Crippen molar-refractivity contribution in [3.8, 4) is 0 Å². The maximum atomic E-state index is 13.6. The number of carbonyl (C=O) groups excluding carboxylic acids is 1. The summed E-state index contributed by atoms with van der Waals surface area (Å²) in [5.41, 5.74) is 3.35. The standard InChI is InChI=1S/C24H17ClFN3OS2/c1-14-4-3-5-17(12-14)27-24-29(18-9-7-16(26)8-10-18)22(30)21(32-24)23-28(2)19-13-15(25)6-11-20(19)31-23/h3-13H,1-2H3/b23-21-,27-24?. The largest absolute Gasteiger partial charge is 0.337 e. The Labute approximate surface area is 198 Å². The Bertz CT molecular complexity index is 1310. The average Bonchev–Trinajstić information content (AvgIpc) is 3.25. The summed E-state index contributed by atoms with van der Waals surface area (Å²) in [6.07, 6.45) is 0. The highest BCUT2D eigenvalue weighted by molar-refractivity contribution is 8.20. The monoisotopic (exact) mass is 481 g/mol. The van der Waals surface area contributed by atoms with Gasteiger partial charge in [-0.2, -0.15) is 0 Å². The van der Waals surface area contributed by atoms with Gasteiger partial charge in [-0.3, -0.25) is 9.69 Å². The maximum Gasteiger partial charge on any atom is 0.274 e. The van der Waals surface area contributed by atoms with E-state index in [-0.39, 0.29) is 11.7 Å². The Morgan fingerprint density at radius 1 is 1.00 bits per heavy atom. The molecular formula is C24H17ClFN3OS2. The first-order valence-electron chi connectivity index (χ1n) is 9.79. The smallest absolute Gasteiger partial charge is 0.274 e. The number of nitrogens with zero attached hydrogens (tertiary/aromatic N) is 3. The van der Waals surface area contributed by atoms with E-state index in [2.05, 4.69) is 0 Å². The Morgan fingerprint density at radius 2 is 1.78 bits per heavy atom. The number of halogens is 2. The third-order valence-electron chi connectivity index (χ3n) is 5.08. The van der Waals surface area contributed by atoms with Crippen LogP contribution in [0.4, 0.5) is 21.5 Å². The van der Waals surface area contributed by atoms with Crippen molar-refractivity contribution >= 4 is 63.3 Å². The van der Waals surface area contributed by atoms with Crippen LogP contribution in [0, 0.1) is 12.7 Å². The predicted octanol–water partition coefficient (Wildman–Crippen LogP) is 6.97. The lowest BCUT2D eigenvalue weighted by Crippen LogP contribution is -2.29. The van der Waals surface area contributed by atoms with Crippen LogP contribution in [0.2, 0.25) is 5.02 Å². The third kappa shape index (κ3) is 3.81. The van der Waals surface area contributed by atoms with E-state index >= 15 is 0 Å². The average molecular weight is 482 g/mol. The van der Waals surface area contributed by atoms with Crippen molar-refractivity contribution in [1.29, 1.82) is 0 Å². The molecule has 0 atom stereocenters.